The summed E-state index contributed by atoms with van der Waals surface area (Å²) < 4.78 is 23.0. The number of aldehydes is 2. The molecule has 0 radical (unpaired) electrons. The van der Waals surface area contributed by atoms with Gasteiger partial charge < -0.3 is 77.2 Å². The first-order valence-electron chi connectivity index (χ1n) is 12.4. The Hall–Kier alpha value is -1.67. The zero-order valence-corrected chi connectivity index (χ0v) is 20.9. The van der Waals surface area contributed by atoms with Crippen molar-refractivity contribution in [2.45, 2.75) is 92.9 Å². The highest BCUT2D eigenvalue weighted by molar-refractivity contribution is 5.72. The monoisotopic (exact) mass is 549 g/mol. The Morgan fingerprint density at radius 3 is 1.95 bits per heavy atom. The largest absolute Gasteiger partial charge is 0.389 e. The standard InChI is InChI=1S/C22H39N5O11/c1-7(30)27-4-13-8(5-28)14(26)17(33)22(36-13)38-20-11(25)2-10(24)19(18(20)34)37-21-9(6-29)15(31)16(32)12(3-23)35-21/h5-6,8-22,31-34H,2-4,23-26H2,1H3,(H,27,30)/t8-,9?,10+,11?,12?,13?,14?,15?,16-,17?,18?,19?,20+,21-,22-/m1/s1. The molecule has 0 aromatic rings. The molecule has 3 fully saturated rings. The van der Waals surface area contributed by atoms with Gasteiger partial charge >= 0.3 is 0 Å². The van der Waals surface area contributed by atoms with E-state index in [0.717, 1.165) is 0 Å². The molecular formula is C22H39N5O11. The van der Waals surface area contributed by atoms with Crippen molar-refractivity contribution >= 4 is 18.5 Å². The topological polar surface area (TPSA) is 285 Å². The van der Waals surface area contributed by atoms with Gasteiger partial charge in [0.15, 0.2) is 12.6 Å². The van der Waals surface area contributed by atoms with E-state index in [1.165, 1.54) is 6.92 Å². The lowest BCUT2D eigenvalue weighted by Crippen LogP contribution is -2.68. The third-order valence-electron chi connectivity index (χ3n) is 7.35. The molecule has 1 saturated carbocycles. The van der Waals surface area contributed by atoms with E-state index in [2.05, 4.69) is 5.32 Å². The van der Waals surface area contributed by atoms with Crippen LogP contribution < -0.4 is 28.3 Å². The number of nitrogens with two attached hydrogens (primary N) is 4. The Balaban J connectivity index is 1.76. The number of hydrogen-bond acceptors (Lipinski definition) is 15. The Morgan fingerprint density at radius 1 is 0.868 bits per heavy atom. The van der Waals surface area contributed by atoms with Crippen LogP contribution in [0.25, 0.3) is 0 Å². The summed E-state index contributed by atoms with van der Waals surface area (Å²) in [5.41, 5.74) is 24.0. The van der Waals surface area contributed by atoms with E-state index in [4.69, 9.17) is 41.9 Å². The molecule has 38 heavy (non-hydrogen) atoms. The van der Waals surface area contributed by atoms with E-state index in [9.17, 15) is 34.8 Å². The fraction of sp³-hybridized carbons (Fsp3) is 0.864. The van der Waals surface area contributed by atoms with Gasteiger partial charge in [-0.1, -0.05) is 0 Å². The smallest absolute Gasteiger partial charge is 0.216 e. The summed E-state index contributed by atoms with van der Waals surface area (Å²) in [7, 11) is 0. The predicted octanol–water partition coefficient (Wildman–Crippen LogP) is -6.24. The van der Waals surface area contributed by atoms with Crippen molar-refractivity contribution in [3.63, 3.8) is 0 Å². The third-order valence-corrected chi connectivity index (χ3v) is 7.35. The van der Waals surface area contributed by atoms with E-state index in [0.29, 0.717) is 12.6 Å². The van der Waals surface area contributed by atoms with Gasteiger partial charge in [-0.05, 0) is 6.42 Å². The first kappa shape index (κ1) is 30.9. The second-order valence-electron chi connectivity index (χ2n) is 9.99. The molecule has 0 bridgehead atoms. The van der Waals surface area contributed by atoms with Gasteiger partial charge in [-0.25, -0.2) is 0 Å². The molecule has 0 aromatic carbocycles. The number of rotatable bonds is 9. The van der Waals surface area contributed by atoms with Gasteiger partial charge in [0.2, 0.25) is 5.91 Å². The van der Waals surface area contributed by atoms with Crippen molar-refractivity contribution in [1.82, 2.24) is 5.32 Å². The maximum Gasteiger partial charge on any atom is 0.216 e. The van der Waals surface area contributed by atoms with E-state index in [-0.39, 0.29) is 25.4 Å². The van der Waals surface area contributed by atoms with E-state index in [1.54, 1.807) is 0 Å². The predicted molar refractivity (Wildman–Crippen MR) is 126 cm³/mol. The van der Waals surface area contributed by atoms with Crippen molar-refractivity contribution in [1.29, 1.82) is 0 Å². The quantitative estimate of drug-likeness (QED) is 0.121. The molecule has 3 rings (SSSR count). The number of amides is 1. The second kappa shape index (κ2) is 13.1. The fourth-order valence-electron chi connectivity index (χ4n) is 5.08. The average molecular weight is 550 g/mol. The molecule has 3 aliphatic rings. The molecule has 218 valence electrons. The first-order valence-corrected chi connectivity index (χ1v) is 12.4. The zero-order valence-electron chi connectivity index (χ0n) is 20.9. The van der Waals surface area contributed by atoms with Gasteiger partial charge in [-0.2, -0.15) is 0 Å². The number of hydrogen-bond donors (Lipinski definition) is 9. The van der Waals surface area contributed by atoms with Crippen LogP contribution in [-0.4, -0.2) is 132 Å². The molecule has 16 heteroatoms. The van der Waals surface area contributed by atoms with Crippen LogP contribution in [0, 0.1) is 11.8 Å². The lowest BCUT2D eigenvalue weighted by Gasteiger charge is -2.48. The van der Waals surface area contributed by atoms with Crippen LogP contribution in [0.5, 0.6) is 0 Å². The highest BCUT2D eigenvalue weighted by atomic mass is 16.7. The highest BCUT2D eigenvalue weighted by Gasteiger charge is 2.52. The Bertz CT molecular complexity index is 827. The molecule has 2 heterocycles. The van der Waals surface area contributed by atoms with Crippen LogP contribution in [0.3, 0.4) is 0 Å². The summed E-state index contributed by atoms with van der Waals surface area (Å²) in [6, 6.07) is -2.83. The van der Waals surface area contributed by atoms with Gasteiger partial charge in [-0.3, -0.25) is 4.79 Å². The summed E-state index contributed by atoms with van der Waals surface area (Å²) in [6.45, 7) is 1.01. The summed E-state index contributed by atoms with van der Waals surface area (Å²) in [4.78, 5) is 34.6. The van der Waals surface area contributed by atoms with Crippen LogP contribution in [0.4, 0.5) is 0 Å². The number of aliphatic hydroxyl groups is 4. The van der Waals surface area contributed by atoms with Crippen LogP contribution in [0.15, 0.2) is 0 Å². The third kappa shape index (κ3) is 6.38. The number of nitrogens with one attached hydrogen (secondary N) is 1. The summed E-state index contributed by atoms with van der Waals surface area (Å²) in [5, 5.41) is 44.8. The number of carbonyl (C=O) groups is 3. The van der Waals surface area contributed by atoms with Crippen LogP contribution in [-0.2, 0) is 33.3 Å². The molecule has 2 saturated heterocycles. The SMILES string of the molecule is CC(=O)NCC1O[C@H](O[C@H]2C(N)C[C@H](N)C(O[C@H]3OC(CN)[C@@H](O)C(O)C3C=O)C2O)C(O)C(N)[C@@H]1C=O. The summed E-state index contributed by atoms with van der Waals surface area (Å²) in [6.07, 6.45) is -12.3. The van der Waals surface area contributed by atoms with Crippen molar-refractivity contribution in [2.75, 3.05) is 13.1 Å². The van der Waals surface area contributed by atoms with Crippen molar-refractivity contribution in [2.24, 2.45) is 34.8 Å². The zero-order chi connectivity index (χ0) is 28.3. The number of ether oxygens (including phenoxy) is 4. The molecule has 1 amide bonds. The van der Waals surface area contributed by atoms with E-state index in [1.807, 2.05) is 0 Å². The first-order chi connectivity index (χ1) is 17.9. The molecule has 0 aromatic heterocycles. The van der Waals surface area contributed by atoms with Crippen LogP contribution >= 0.6 is 0 Å². The Kier molecular flexibility index (Phi) is 10.7. The Labute approximate surface area is 218 Å². The molecule has 13 N–H and O–H groups in total. The lowest BCUT2D eigenvalue weighted by molar-refractivity contribution is -0.315. The molecular weight excluding hydrogens is 510 g/mol. The molecule has 0 spiro atoms. The van der Waals surface area contributed by atoms with Gasteiger partial charge in [0, 0.05) is 38.1 Å². The minimum Gasteiger partial charge on any atom is -0.389 e. The fourth-order valence-corrected chi connectivity index (χ4v) is 5.08. The van der Waals surface area contributed by atoms with Crippen LogP contribution in [0.1, 0.15) is 13.3 Å². The summed E-state index contributed by atoms with van der Waals surface area (Å²) >= 11 is 0. The van der Waals surface area contributed by atoms with Gasteiger partial charge in [0.25, 0.3) is 0 Å². The minimum atomic E-state index is -1.54. The number of aliphatic hydroxyl groups excluding tert-OH is 4. The maximum absolute atomic E-state index is 11.6. The molecule has 9 unspecified atom stereocenters. The van der Waals surface area contributed by atoms with Gasteiger partial charge in [0.1, 0.15) is 49.2 Å². The van der Waals surface area contributed by atoms with Crippen molar-refractivity contribution in [3.05, 3.63) is 0 Å². The normalized spacial score (nSPS) is 47.8. The van der Waals surface area contributed by atoms with Gasteiger partial charge in [0.05, 0.1) is 24.0 Å². The Morgan fingerprint density at radius 2 is 1.42 bits per heavy atom. The highest BCUT2D eigenvalue weighted by Crippen LogP contribution is 2.33. The molecule has 2 aliphatic heterocycles. The van der Waals surface area contributed by atoms with E-state index >= 15 is 0 Å². The van der Waals surface area contributed by atoms with Gasteiger partial charge in [-0.15, -0.1) is 0 Å². The minimum absolute atomic E-state index is 0.0670. The molecule has 16 nitrogen and oxygen atoms in total. The summed E-state index contributed by atoms with van der Waals surface area (Å²) in [5.74, 6) is -2.63. The average Bonchev–Trinajstić information content (AvgIpc) is 2.87. The van der Waals surface area contributed by atoms with Crippen molar-refractivity contribution < 1.29 is 53.8 Å². The van der Waals surface area contributed by atoms with E-state index < -0.39 is 91.4 Å². The number of carbonyl (C=O) groups excluding carboxylic acids is 3. The second-order valence-corrected chi connectivity index (χ2v) is 9.99. The van der Waals surface area contributed by atoms with Crippen molar-refractivity contribution in [3.8, 4) is 0 Å². The molecule has 1 aliphatic carbocycles. The molecule has 15 atom stereocenters. The maximum atomic E-state index is 11.6. The van der Waals surface area contributed by atoms with Crippen LogP contribution in [0.2, 0.25) is 0 Å². The lowest BCUT2D eigenvalue weighted by atomic mass is 9.83.